The van der Waals surface area contributed by atoms with Gasteiger partial charge in [0.1, 0.15) is 11.5 Å². The fraction of sp³-hybridized carbons (Fsp3) is 0.111. The van der Waals surface area contributed by atoms with Gasteiger partial charge in [-0.15, -0.1) is 0 Å². The number of hydrogen-bond donors (Lipinski definition) is 0. The van der Waals surface area contributed by atoms with Crippen molar-refractivity contribution in [3.05, 3.63) is 125 Å². The highest BCUT2D eigenvalue weighted by Crippen LogP contribution is 2.43. The van der Waals surface area contributed by atoms with E-state index in [0.29, 0.717) is 0 Å². The Balaban J connectivity index is 1.70. The molecule has 3 aromatic carbocycles. The van der Waals surface area contributed by atoms with Crippen molar-refractivity contribution in [1.82, 2.24) is 0 Å². The van der Waals surface area contributed by atoms with Crippen LogP contribution in [0.5, 0.6) is 0 Å². The molecule has 28 heavy (non-hydrogen) atoms. The number of furan rings is 1. The SMILES string of the molecule is C1=C(c2ccccc2)c2c(oc(Cc3ccccc3)c2-c2ccccc2)CC1. The fourth-order valence-electron chi connectivity index (χ4n) is 4.14. The van der Waals surface area contributed by atoms with Crippen LogP contribution in [0, 0.1) is 0 Å². The summed E-state index contributed by atoms with van der Waals surface area (Å²) in [6.45, 7) is 0. The average Bonchev–Trinajstić information content (AvgIpc) is 3.13. The Morgan fingerprint density at radius 2 is 1.25 bits per heavy atom. The van der Waals surface area contributed by atoms with Gasteiger partial charge in [-0.3, -0.25) is 0 Å². The number of hydrogen-bond acceptors (Lipinski definition) is 1. The maximum atomic E-state index is 6.51. The number of rotatable bonds is 4. The molecule has 136 valence electrons. The first-order valence-electron chi connectivity index (χ1n) is 9.90. The molecule has 1 aliphatic rings. The largest absolute Gasteiger partial charge is 0.464 e. The first kappa shape index (κ1) is 16.8. The van der Waals surface area contributed by atoms with Gasteiger partial charge in [-0.05, 0) is 28.7 Å². The van der Waals surface area contributed by atoms with Gasteiger partial charge in [0, 0.05) is 24.0 Å². The first-order valence-corrected chi connectivity index (χ1v) is 9.90. The van der Waals surface area contributed by atoms with Gasteiger partial charge in [0.2, 0.25) is 0 Å². The predicted molar refractivity (Wildman–Crippen MR) is 115 cm³/mol. The maximum absolute atomic E-state index is 6.51. The monoisotopic (exact) mass is 362 g/mol. The molecule has 0 radical (unpaired) electrons. The lowest BCUT2D eigenvalue weighted by molar-refractivity contribution is 0.472. The van der Waals surface area contributed by atoms with Crippen LogP contribution < -0.4 is 0 Å². The highest BCUT2D eigenvalue weighted by Gasteiger charge is 2.26. The van der Waals surface area contributed by atoms with Crippen molar-refractivity contribution >= 4 is 5.57 Å². The minimum Gasteiger partial charge on any atom is -0.464 e. The zero-order valence-electron chi connectivity index (χ0n) is 15.8. The van der Waals surface area contributed by atoms with Gasteiger partial charge < -0.3 is 4.42 Å². The smallest absolute Gasteiger partial charge is 0.117 e. The lowest BCUT2D eigenvalue weighted by Gasteiger charge is -2.15. The molecule has 0 saturated heterocycles. The van der Waals surface area contributed by atoms with Crippen molar-refractivity contribution in [2.45, 2.75) is 19.3 Å². The molecule has 0 spiro atoms. The molecule has 1 heterocycles. The highest BCUT2D eigenvalue weighted by atomic mass is 16.3. The van der Waals surface area contributed by atoms with Gasteiger partial charge in [0.25, 0.3) is 0 Å². The molecule has 4 aromatic rings. The second-order valence-corrected chi connectivity index (χ2v) is 7.25. The summed E-state index contributed by atoms with van der Waals surface area (Å²) in [4.78, 5) is 0. The van der Waals surface area contributed by atoms with Crippen LogP contribution in [0.1, 0.15) is 34.6 Å². The third-order valence-electron chi connectivity index (χ3n) is 5.40. The van der Waals surface area contributed by atoms with Crippen molar-refractivity contribution in [2.24, 2.45) is 0 Å². The van der Waals surface area contributed by atoms with E-state index in [2.05, 4.69) is 97.1 Å². The van der Waals surface area contributed by atoms with E-state index in [-0.39, 0.29) is 0 Å². The summed E-state index contributed by atoms with van der Waals surface area (Å²) in [6, 6.07) is 31.9. The molecular formula is C27H22O. The van der Waals surface area contributed by atoms with E-state index in [1.165, 1.54) is 33.4 Å². The van der Waals surface area contributed by atoms with Crippen LogP contribution in [-0.2, 0) is 12.8 Å². The average molecular weight is 362 g/mol. The molecule has 0 bridgehead atoms. The minimum absolute atomic E-state index is 0.806. The van der Waals surface area contributed by atoms with Crippen molar-refractivity contribution in [2.75, 3.05) is 0 Å². The molecular weight excluding hydrogens is 340 g/mol. The standard InChI is InChI=1S/C27H22O/c1-4-11-20(12-5-1)19-25-26(22-15-8-3-9-16-22)27-23(17-10-18-24(27)28-25)21-13-6-2-7-14-21/h1-9,11-17H,10,18-19H2. The van der Waals surface area contributed by atoms with Crippen LogP contribution in [0.15, 0.2) is 101 Å². The van der Waals surface area contributed by atoms with Gasteiger partial charge in [-0.2, -0.15) is 0 Å². The Labute approximate surface area is 166 Å². The van der Waals surface area contributed by atoms with Gasteiger partial charge >= 0.3 is 0 Å². The summed E-state index contributed by atoms with van der Waals surface area (Å²) in [6.07, 6.45) is 5.15. The minimum atomic E-state index is 0.806. The van der Waals surface area contributed by atoms with E-state index in [1.54, 1.807) is 0 Å². The van der Waals surface area contributed by atoms with Crippen LogP contribution in [-0.4, -0.2) is 0 Å². The van der Waals surface area contributed by atoms with Crippen LogP contribution in [0.2, 0.25) is 0 Å². The van der Waals surface area contributed by atoms with E-state index in [0.717, 1.165) is 30.8 Å². The predicted octanol–water partition coefficient (Wildman–Crippen LogP) is 6.92. The van der Waals surface area contributed by atoms with Crippen LogP contribution in [0.3, 0.4) is 0 Å². The van der Waals surface area contributed by atoms with E-state index < -0.39 is 0 Å². The zero-order valence-corrected chi connectivity index (χ0v) is 15.8. The van der Waals surface area contributed by atoms with Crippen molar-refractivity contribution in [3.8, 4) is 11.1 Å². The van der Waals surface area contributed by atoms with Crippen LogP contribution >= 0.6 is 0 Å². The molecule has 1 aliphatic carbocycles. The summed E-state index contributed by atoms with van der Waals surface area (Å²) < 4.78 is 6.51. The number of fused-ring (bicyclic) bond motifs is 1. The van der Waals surface area contributed by atoms with Crippen molar-refractivity contribution in [3.63, 3.8) is 0 Å². The first-order chi connectivity index (χ1) is 13.9. The topological polar surface area (TPSA) is 13.1 Å². The normalized spacial score (nSPS) is 13.1. The summed E-state index contributed by atoms with van der Waals surface area (Å²) in [5.41, 5.74) is 7.57. The second kappa shape index (κ2) is 7.36. The molecule has 0 saturated carbocycles. The van der Waals surface area contributed by atoms with Crippen LogP contribution in [0.25, 0.3) is 16.7 Å². The van der Waals surface area contributed by atoms with E-state index in [9.17, 15) is 0 Å². The molecule has 1 aromatic heterocycles. The number of allylic oxidation sites excluding steroid dienone is 1. The van der Waals surface area contributed by atoms with E-state index >= 15 is 0 Å². The molecule has 0 fully saturated rings. The molecule has 0 aliphatic heterocycles. The van der Waals surface area contributed by atoms with E-state index in [4.69, 9.17) is 4.42 Å². The summed E-state index contributed by atoms with van der Waals surface area (Å²) in [7, 11) is 0. The lowest BCUT2D eigenvalue weighted by Crippen LogP contribution is -1.99. The van der Waals surface area contributed by atoms with Gasteiger partial charge in [0.05, 0.1) is 0 Å². The van der Waals surface area contributed by atoms with Crippen molar-refractivity contribution in [1.29, 1.82) is 0 Å². The fourth-order valence-corrected chi connectivity index (χ4v) is 4.14. The summed E-state index contributed by atoms with van der Waals surface area (Å²) in [5, 5.41) is 0. The Morgan fingerprint density at radius 3 is 1.93 bits per heavy atom. The third kappa shape index (κ3) is 3.10. The van der Waals surface area contributed by atoms with Gasteiger partial charge in [-0.1, -0.05) is 97.1 Å². The molecule has 0 amide bonds. The van der Waals surface area contributed by atoms with Crippen LogP contribution in [0.4, 0.5) is 0 Å². The maximum Gasteiger partial charge on any atom is 0.117 e. The molecule has 0 N–H and O–H groups in total. The summed E-state index contributed by atoms with van der Waals surface area (Å²) in [5.74, 6) is 2.18. The number of benzene rings is 3. The Kier molecular flexibility index (Phi) is 4.42. The molecule has 1 heteroatoms. The molecule has 0 atom stereocenters. The quantitative estimate of drug-likeness (QED) is 0.384. The Morgan fingerprint density at radius 1 is 0.643 bits per heavy atom. The summed E-state index contributed by atoms with van der Waals surface area (Å²) >= 11 is 0. The number of aryl methyl sites for hydroxylation is 1. The van der Waals surface area contributed by atoms with Crippen molar-refractivity contribution < 1.29 is 4.42 Å². The van der Waals surface area contributed by atoms with Gasteiger partial charge in [0.15, 0.2) is 0 Å². The highest BCUT2D eigenvalue weighted by molar-refractivity contribution is 5.91. The third-order valence-corrected chi connectivity index (χ3v) is 5.40. The Hall–Kier alpha value is -3.32. The molecule has 1 nitrogen and oxygen atoms in total. The van der Waals surface area contributed by atoms with E-state index in [1.807, 2.05) is 0 Å². The second-order valence-electron chi connectivity index (χ2n) is 7.25. The lowest BCUT2D eigenvalue weighted by atomic mass is 9.86. The Bertz CT molecular complexity index is 1100. The van der Waals surface area contributed by atoms with Gasteiger partial charge in [-0.25, -0.2) is 0 Å². The molecule has 5 rings (SSSR count). The molecule has 0 unspecified atom stereocenters. The zero-order chi connectivity index (χ0) is 18.8.